The van der Waals surface area contributed by atoms with E-state index in [-0.39, 0.29) is 0 Å². The average molecular weight is 403 g/mol. The van der Waals surface area contributed by atoms with E-state index >= 15 is 0 Å². The van der Waals surface area contributed by atoms with Crippen LogP contribution in [0.2, 0.25) is 0 Å². The molecule has 0 fully saturated rings. The van der Waals surface area contributed by atoms with Gasteiger partial charge < -0.3 is 20.4 Å². The zero-order chi connectivity index (χ0) is 20.7. The highest BCUT2D eigenvalue weighted by molar-refractivity contribution is 7.84. The largest absolute Gasteiger partial charge is 0.507 e. The third-order valence-electron chi connectivity index (χ3n) is 0.519. The van der Waals surface area contributed by atoms with Gasteiger partial charge in [-0.15, -0.1) is 4.20 Å². The molecule has 0 saturated heterocycles. The number of isocyanates is 1. The molecule has 0 aromatic carbocycles. The van der Waals surface area contributed by atoms with E-state index < -0.39 is 42.1 Å². The van der Waals surface area contributed by atoms with Crippen molar-refractivity contribution in [1.82, 2.24) is 0 Å². The van der Waals surface area contributed by atoms with Crippen molar-refractivity contribution in [3.63, 3.8) is 0 Å². The van der Waals surface area contributed by atoms with E-state index in [1.54, 1.807) is 0 Å². The predicted molar refractivity (Wildman–Crippen MR) is 63.4 cm³/mol. The molecule has 0 unspecified atom stereocenters. The van der Waals surface area contributed by atoms with Gasteiger partial charge in [-0.1, -0.05) is 4.40 Å². The molecule has 24 heavy (non-hydrogen) atoms. The maximum absolute atomic E-state index is 10.4. The Labute approximate surface area is 129 Å². The summed E-state index contributed by atoms with van der Waals surface area (Å²) in [6, 6.07) is 0. The fourth-order valence-electron chi connectivity index (χ4n) is 0.0471. The Morgan fingerprint density at radius 2 is 1.04 bits per heavy atom. The quantitative estimate of drug-likeness (QED) is 0.0781. The number of carbonyl (C=O) groups is 4. The topological polar surface area (TPSA) is 291 Å². The number of nitrogens with zero attached hydrogens (tertiary/aromatic N) is 1. The van der Waals surface area contributed by atoms with Gasteiger partial charge >= 0.3 is 42.1 Å². The number of hydrogen-bond donors (Lipinski definition) is 7. The smallest absolute Gasteiger partial charge is 0.473 e. The Hall–Kier alpha value is -2.75. The first-order chi connectivity index (χ1) is 10.3. The van der Waals surface area contributed by atoms with Crippen LogP contribution in [0.25, 0.3) is 0 Å². The van der Waals surface area contributed by atoms with Crippen LogP contribution in [0.4, 0.5) is 4.20 Å². The van der Waals surface area contributed by atoms with E-state index in [0.29, 0.717) is 6.08 Å². The van der Waals surface area contributed by atoms with Crippen LogP contribution in [-0.2, 0) is 38.8 Å². The lowest BCUT2D eigenvalue weighted by atomic mass is 10.7. The molecular formula is C5H7FNO15PS. The van der Waals surface area contributed by atoms with E-state index in [1.807, 2.05) is 4.40 Å². The molecule has 0 heterocycles. The van der Waals surface area contributed by atoms with Crippen LogP contribution in [0, 0.1) is 0 Å². The molecule has 0 aromatic heterocycles. The summed E-state index contributed by atoms with van der Waals surface area (Å²) in [7, 11) is -9.61. The van der Waals surface area contributed by atoms with Crippen molar-refractivity contribution in [3.05, 3.63) is 0 Å². The molecule has 0 rings (SSSR count). The van der Waals surface area contributed by atoms with Gasteiger partial charge in [-0.25, -0.2) is 28.5 Å². The molecule has 0 bridgehead atoms. The first kappa shape index (κ1) is 29.3. The van der Waals surface area contributed by atoms with Gasteiger partial charge in [-0.2, -0.15) is 8.42 Å². The van der Waals surface area contributed by atoms with Crippen LogP contribution in [-0.4, -0.2) is 73.1 Å². The Morgan fingerprint density at radius 1 is 0.875 bits per heavy atom. The summed E-state index contributed by atoms with van der Waals surface area (Å²) in [6.45, 7) is 0. The van der Waals surface area contributed by atoms with Crippen molar-refractivity contribution in [2.75, 3.05) is 0 Å². The highest BCUT2D eigenvalue weighted by Crippen LogP contribution is 2.34. The molecule has 0 atom stereocenters. The minimum Gasteiger partial charge on any atom is -0.473 e. The van der Waals surface area contributed by atoms with E-state index in [2.05, 4.69) is 0 Å². The Bertz CT molecular complexity index is 585. The maximum atomic E-state index is 10.4. The van der Waals surface area contributed by atoms with Crippen LogP contribution in [0.15, 0.2) is 4.40 Å². The molecule has 0 spiro atoms. The van der Waals surface area contributed by atoms with Crippen molar-refractivity contribution >= 4 is 48.2 Å². The van der Waals surface area contributed by atoms with Gasteiger partial charge in [0.15, 0.2) is 0 Å². The van der Waals surface area contributed by atoms with E-state index in [0.717, 1.165) is 0 Å². The molecular weight excluding hydrogens is 396 g/mol. The second kappa shape index (κ2) is 13.9. The SMILES string of the molecule is O=C(O)C(=O)O.O=C(O)C(=O)O.O=C=NS(=O)(=O)O.O=P(O)(O)F. The van der Waals surface area contributed by atoms with Crippen LogP contribution in [0.5, 0.6) is 0 Å². The molecule has 0 aromatic rings. The van der Waals surface area contributed by atoms with Gasteiger partial charge in [-0.05, 0) is 0 Å². The number of carboxylic acid groups (broad SMARTS) is 4. The van der Waals surface area contributed by atoms with Gasteiger partial charge in [0.25, 0.3) is 6.08 Å². The molecule has 0 aliphatic rings. The molecule has 0 amide bonds. The van der Waals surface area contributed by atoms with Gasteiger partial charge in [0.2, 0.25) is 0 Å². The monoisotopic (exact) mass is 403 g/mol. The number of rotatable bonds is 1. The molecule has 16 nitrogen and oxygen atoms in total. The molecule has 0 radical (unpaired) electrons. The van der Waals surface area contributed by atoms with Crippen LogP contribution in [0.3, 0.4) is 0 Å². The van der Waals surface area contributed by atoms with Gasteiger partial charge in [-0.3, -0.25) is 14.3 Å². The van der Waals surface area contributed by atoms with Gasteiger partial charge in [0.05, 0.1) is 0 Å². The van der Waals surface area contributed by atoms with Gasteiger partial charge in [0, 0.05) is 0 Å². The zero-order valence-corrected chi connectivity index (χ0v) is 12.3. The average Bonchev–Trinajstić information content (AvgIpc) is 2.25. The summed E-state index contributed by atoms with van der Waals surface area (Å²) in [4.78, 5) is 59.3. The van der Waals surface area contributed by atoms with Crippen molar-refractivity contribution in [2.45, 2.75) is 0 Å². The summed E-state index contributed by atoms with van der Waals surface area (Å²) in [5, 5.41) is 29.6. The van der Waals surface area contributed by atoms with E-state index in [9.17, 15) is 12.6 Å². The van der Waals surface area contributed by atoms with Crippen LogP contribution < -0.4 is 0 Å². The van der Waals surface area contributed by atoms with Crippen LogP contribution in [0.1, 0.15) is 0 Å². The summed E-state index contributed by atoms with van der Waals surface area (Å²) < 4.78 is 47.3. The normalized spacial score (nSPS) is 9.00. The minimum atomic E-state index is -5.14. The van der Waals surface area contributed by atoms with E-state index in [1.165, 1.54) is 0 Å². The number of halogens is 1. The zero-order valence-electron chi connectivity index (χ0n) is 10.6. The first-order valence-corrected chi connectivity index (χ1v) is 6.99. The Morgan fingerprint density at radius 3 is 1.04 bits per heavy atom. The van der Waals surface area contributed by atoms with Gasteiger partial charge in [0.1, 0.15) is 0 Å². The molecule has 0 saturated carbocycles. The maximum Gasteiger partial charge on any atom is 0.507 e. The minimum absolute atomic E-state index is 0.645. The summed E-state index contributed by atoms with van der Waals surface area (Å²) in [6.07, 6.45) is 0.645. The fourth-order valence-corrected chi connectivity index (χ4v) is 0.141. The van der Waals surface area contributed by atoms with Crippen molar-refractivity contribution in [2.24, 2.45) is 4.40 Å². The summed E-state index contributed by atoms with van der Waals surface area (Å²) in [5.74, 6) is -7.30. The first-order valence-electron chi connectivity index (χ1n) is 4.09. The van der Waals surface area contributed by atoms with Crippen molar-refractivity contribution in [3.8, 4) is 0 Å². The summed E-state index contributed by atoms with van der Waals surface area (Å²) in [5.41, 5.74) is 0. The molecule has 19 heteroatoms. The lowest BCUT2D eigenvalue weighted by molar-refractivity contribution is -0.159. The van der Waals surface area contributed by atoms with E-state index in [4.69, 9.17) is 63.3 Å². The van der Waals surface area contributed by atoms with Crippen molar-refractivity contribution in [1.29, 1.82) is 0 Å². The molecule has 7 N–H and O–H groups in total. The highest BCUT2D eigenvalue weighted by atomic mass is 32.2. The molecule has 0 aliphatic carbocycles. The second-order valence-corrected chi connectivity index (χ2v) is 4.35. The number of hydrogen-bond acceptors (Lipinski definition) is 8. The third kappa shape index (κ3) is 74.9. The standard InChI is InChI=1S/2C2H2O4.CHNO4S.FH2O3P/c2*3-1(4)2(5)6;3-1-2-7(4,5)6;1-5(2,3)4/h2*(H,3,4)(H,5,6);(H,4,5,6);(H2,2,3,4). The molecule has 0 aliphatic heterocycles. The predicted octanol–water partition coefficient (Wildman–Crippen LogP) is -2.52. The van der Waals surface area contributed by atoms with Crippen LogP contribution >= 0.6 is 7.91 Å². The third-order valence-corrected chi connectivity index (χ3v) is 0.824. The summed E-state index contributed by atoms with van der Waals surface area (Å²) >= 11 is 0. The number of carbonyl (C=O) groups excluding carboxylic acids is 1. The van der Waals surface area contributed by atoms with Crippen molar-refractivity contribution < 1.29 is 75.9 Å². The number of aliphatic carboxylic acids is 4. The second-order valence-electron chi connectivity index (χ2n) is 2.32. The molecule has 140 valence electrons. The lowest BCUT2D eigenvalue weighted by Gasteiger charge is -1.77. The fraction of sp³-hybridized carbons (Fsp3) is 0. The highest BCUT2D eigenvalue weighted by Gasteiger charge is 2.05. The Balaban J connectivity index is -0.000000112. The Kier molecular flexibility index (Phi) is 16.9. The number of carboxylic acids is 4. The lowest BCUT2D eigenvalue weighted by Crippen LogP contribution is -2.09.